The first-order chi connectivity index (χ1) is 8.61. The van der Waals surface area contributed by atoms with Gasteiger partial charge in [-0.15, -0.1) is 0 Å². The minimum atomic E-state index is 0.0757. The molecule has 1 saturated heterocycles. The largest absolute Gasteiger partial charge is 0.496 e. The topological polar surface area (TPSA) is 41.6 Å². The number of methoxy groups -OCH3 is 1. The van der Waals surface area contributed by atoms with E-state index in [-0.39, 0.29) is 5.91 Å². The fraction of sp³-hybridized carbons (Fsp3) is 0.462. The Morgan fingerprint density at radius 3 is 2.94 bits per heavy atom. The number of nitrogens with one attached hydrogen (secondary N) is 1. The van der Waals surface area contributed by atoms with Crippen molar-refractivity contribution in [2.45, 2.75) is 13.0 Å². The highest BCUT2D eigenvalue weighted by atomic mass is 79.9. The van der Waals surface area contributed by atoms with Gasteiger partial charge in [0.2, 0.25) is 0 Å². The molecule has 2 rings (SSSR count). The summed E-state index contributed by atoms with van der Waals surface area (Å²) >= 11 is 3.40. The Morgan fingerprint density at radius 2 is 2.33 bits per heavy atom. The molecule has 0 bridgehead atoms. The fourth-order valence-electron chi connectivity index (χ4n) is 2.10. The Labute approximate surface area is 115 Å². The third-order valence-corrected chi connectivity index (χ3v) is 3.67. The number of hydrogen-bond donors (Lipinski definition) is 1. The Hall–Kier alpha value is -1.07. The summed E-state index contributed by atoms with van der Waals surface area (Å²) in [6, 6.07) is 5.78. The van der Waals surface area contributed by atoms with Crippen molar-refractivity contribution in [1.82, 2.24) is 10.2 Å². The van der Waals surface area contributed by atoms with Gasteiger partial charge < -0.3 is 15.0 Å². The zero-order valence-corrected chi connectivity index (χ0v) is 12.2. The van der Waals surface area contributed by atoms with Crippen LogP contribution in [0.5, 0.6) is 5.75 Å². The van der Waals surface area contributed by atoms with E-state index in [9.17, 15) is 4.79 Å². The lowest BCUT2D eigenvalue weighted by atomic mass is 10.1. The molecular weight excluding hydrogens is 296 g/mol. The second-order valence-electron chi connectivity index (χ2n) is 4.46. The highest BCUT2D eigenvalue weighted by molar-refractivity contribution is 9.10. The van der Waals surface area contributed by atoms with Crippen LogP contribution in [0.1, 0.15) is 17.3 Å². The molecule has 1 N–H and O–H groups in total. The number of rotatable bonds is 2. The van der Waals surface area contributed by atoms with Gasteiger partial charge in [-0.05, 0) is 41.1 Å². The van der Waals surface area contributed by atoms with Gasteiger partial charge in [0.1, 0.15) is 5.75 Å². The van der Waals surface area contributed by atoms with E-state index in [0.29, 0.717) is 11.6 Å². The van der Waals surface area contributed by atoms with E-state index in [4.69, 9.17) is 4.74 Å². The zero-order valence-electron chi connectivity index (χ0n) is 10.6. The first-order valence-corrected chi connectivity index (χ1v) is 6.77. The first-order valence-electron chi connectivity index (χ1n) is 5.98. The van der Waals surface area contributed by atoms with E-state index in [0.717, 1.165) is 29.9 Å². The molecule has 1 atom stereocenters. The van der Waals surface area contributed by atoms with Crippen LogP contribution < -0.4 is 10.1 Å². The summed E-state index contributed by atoms with van der Waals surface area (Å²) in [7, 11) is 1.61. The van der Waals surface area contributed by atoms with Gasteiger partial charge >= 0.3 is 0 Å². The lowest BCUT2D eigenvalue weighted by molar-refractivity contribution is 0.0709. The van der Waals surface area contributed by atoms with Crippen LogP contribution in [0.25, 0.3) is 0 Å². The van der Waals surface area contributed by atoms with Gasteiger partial charge in [0.15, 0.2) is 0 Å². The molecule has 1 heterocycles. The molecule has 1 aliphatic rings. The van der Waals surface area contributed by atoms with Crippen molar-refractivity contribution in [3.63, 3.8) is 0 Å². The normalized spacial score (nSPS) is 19.7. The second-order valence-corrected chi connectivity index (χ2v) is 5.31. The van der Waals surface area contributed by atoms with E-state index < -0.39 is 0 Å². The highest BCUT2D eigenvalue weighted by Gasteiger charge is 2.22. The Balaban J connectivity index is 2.15. The van der Waals surface area contributed by atoms with Gasteiger partial charge in [-0.25, -0.2) is 0 Å². The number of benzene rings is 1. The molecule has 18 heavy (non-hydrogen) atoms. The smallest absolute Gasteiger partial charge is 0.253 e. The highest BCUT2D eigenvalue weighted by Crippen LogP contribution is 2.26. The molecular formula is C13H17BrN2O2. The summed E-state index contributed by atoms with van der Waals surface area (Å²) in [6.45, 7) is 4.45. The maximum atomic E-state index is 12.3. The van der Waals surface area contributed by atoms with Crippen LogP contribution >= 0.6 is 15.9 Å². The molecule has 1 aromatic rings. The molecule has 4 nitrogen and oxygen atoms in total. The maximum absolute atomic E-state index is 12.3. The van der Waals surface area contributed by atoms with E-state index in [1.165, 1.54) is 0 Å². The molecule has 1 fully saturated rings. The van der Waals surface area contributed by atoms with Crippen LogP contribution in [0, 0.1) is 0 Å². The second kappa shape index (κ2) is 5.71. The molecule has 1 aromatic carbocycles. The summed E-state index contributed by atoms with van der Waals surface area (Å²) in [5.41, 5.74) is 0.691. The summed E-state index contributed by atoms with van der Waals surface area (Å²) in [5.74, 6) is 0.812. The molecule has 0 unspecified atom stereocenters. The summed E-state index contributed by atoms with van der Waals surface area (Å²) in [4.78, 5) is 14.2. The van der Waals surface area contributed by atoms with E-state index >= 15 is 0 Å². The van der Waals surface area contributed by atoms with Crippen LogP contribution in [-0.4, -0.2) is 43.6 Å². The van der Waals surface area contributed by atoms with E-state index in [2.05, 4.69) is 28.2 Å². The van der Waals surface area contributed by atoms with Gasteiger partial charge in [-0.3, -0.25) is 4.79 Å². The molecule has 1 amide bonds. The van der Waals surface area contributed by atoms with Gasteiger partial charge in [0.05, 0.1) is 11.6 Å². The van der Waals surface area contributed by atoms with Crippen molar-refractivity contribution >= 4 is 21.8 Å². The van der Waals surface area contributed by atoms with Crippen molar-refractivity contribution in [3.05, 3.63) is 28.2 Å². The van der Waals surface area contributed by atoms with Gasteiger partial charge in [-0.1, -0.05) is 0 Å². The maximum Gasteiger partial charge on any atom is 0.253 e. The number of amides is 1. The third kappa shape index (κ3) is 2.84. The molecule has 0 radical (unpaired) electrons. The SMILES string of the molecule is COc1ccc(C(=O)N2CCN[C@H](C)C2)cc1Br. The average Bonchev–Trinajstić information content (AvgIpc) is 2.37. The molecule has 1 aliphatic heterocycles. The Bertz CT molecular complexity index is 451. The van der Waals surface area contributed by atoms with Crippen molar-refractivity contribution in [2.75, 3.05) is 26.7 Å². The Kier molecular flexibility index (Phi) is 4.24. The molecule has 0 aliphatic carbocycles. The number of ether oxygens (including phenoxy) is 1. The van der Waals surface area contributed by atoms with Gasteiger partial charge in [0, 0.05) is 31.2 Å². The average molecular weight is 313 g/mol. The predicted octanol–water partition coefficient (Wildman–Crippen LogP) is 1.89. The lowest BCUT2D eigenvalue weighted by Gasteiger charge is -2.32. The summed E-state index contributed by atoms with van der Waals surface area (Å²) < 4.78 is 5.97. The third-order valence-electron chi connectivity index (χ3n) is 3.05. The number of halogens is 1. The number of piperazine rings is 1. The van der Waals surface area contributed by atoms with Crippen molar-refractivity contribution in [2.24, 2.45) is 0 Å². The minimum Gasteiger partial charge on any atom is -0.496 e. The lowest BCUT2D eigenvalue weighted by Crippen LogP contribution is -2.51. The van der Waals surface area contributed by atoms with Crippen LogP contribution in [0.4, 0.5) is 0 Å². The van der Waals surface area contributed by atoms with Crippen molar-refractivity contribution < 1.29 is 9.53 Å². The van der Waals surface area contributed by atoms with Crippen molar-refractivity contribution in [3.8, 4) is 5.75 Å². The zero-order chi connectivity index (χ0) is 13.1. The predicted molar refractivity (Wildman–Crippen MR) is 74.1 cm³/mol. The monoisotopic (exact) mass is 312 g/mol. The quantitative estimate of drug-likeness (QED) is 0.907. The van der Waals surface area contributed by atoms with Crippen LogP contribution in [0.3, 0.4) is 0 Å². The van der Waals surface area contributed by atoms with Crippen molar-refractivity contribution in [1.29, 1.82) is 0 Å². The Morgan fingerprint density at radius 1 is 1.56 bits per heavy atom. The number of hydrogen-bond acceptors (Lipinski definition) is 3. The van der Waals surface area contributed by atoms with E-state index in [1.807, 2.05) is 17.0 Å². The van der Waals surface area contributed by atoms with Crippen LogP contribution in [0.15, 0.2) is 22.7 Å². The molecule has 0 spiro atoms. The number of carbonyl (C=O) groups excluding carboxylic acids is 1. The number of nitrogens with zero attached hydrogens (tertiary/aromatic N) is 1. The van der Waals surface area contributed by atoms with Crippen LogP contribution in [0.2, 0.25) is 0 Å². The molecule has 98 valence electrons. The van der Waals surface area contributed by atoms with E-state index in [1.54, 1.807) is 13.2 Å². The van der Waals surface area contributed by atoms with Gasteiger partial charge in [0.25, 0.3) is 5.91 Å². The standard InChI is InChI=1S/C13H17BrN2O2/c1-9-8-16(6-5-15-9)13(17)10-3-4-12(18-2)11(14)7-10/h3-4,7,9,15H,5-6,8H2,1-2H3/t9-/m1/s1. The first kappa shape index (κ1) is 13.4. The van der Waals surface area contributed by atoms with Crippen LogP contribution in [-0.2, 0) is 0 Å². The number of carbonyl (C=O) groups is 1. The fourth-order valence-corrected chi connectivity index (χ4v) is 2.64. The molecule has 0 aromatic heterocycles. The minimum absolute atomic E-state index is 0.0757. The summed E-state index contributed by atoms with van der Waals surface area (Å²) in [5, 5.41) is 3.32. The summed E-state index contributed by atoms with van der Waals surface area (Å²) in [6.07, 6.45) is 0. The molecule has 0 saturated carbocycles. The van der Waals surface area contributed by atoms with Gasteiger partial charge in [-0.2, -0.15) is 0 Å². The molecule has 5 heteroatoms.